The van der Waals surface area contributed by atoms with E-state index in [1.165, 1.54) is 19.7 Å². The van der Waals surface area contributed by atoms with Gasteiger partial charge in [-0.2, -0.15) is 20.4 Å². The van der Waals surface area contributed by atoms with Gasteiger partial charge in [0, 0.05) is 64.2 Å². The van der Waals surface area contributed by atoms with Crippen molar-refractivity contribution in [3.05, 3.63) is 0 Å². The van der Waals surface area contributed by atoms with Gasteiger partial charge in [-0.1, -0.05) is 13.8 Å². The number of carbonyl (C=O) groups excluding carboxylic acids is 2. The molecule has 0 bridgehead atoms. The van der Waals surface area contributed by atoms with Gasteiger partial charge in [-0.15, -0.1) is 0 Å². The summed E-state index contributed by atoms with van der Waals surface area (Å²) in [6.45, 7) is 4.06. The molecule has 2 unspecified atom stereocenters. The predicted octanol–water partition coefficient (Wildman–Crippen LogP) is 5.43. The van der Waals surface area contributed by atoms with E-state index in [1.54, 1.807) is 42.7 Å². The summed E-state index contributed by atoms with van der Waals surface area (Å²) in [5.41, 5.74) is 0. The van der Waals surface area contributed by atoms with Gasteiger partial charge in [-0.3, -0.25) is 9.59 Å². The monoisotopic (exact) mass is 664 g/mol. The quantitative estimate of drug-likeness (QED) is 0.117. The van der Waals surface area contributed by atoms with Crippen molar-refractivity contribution >= 4 is 89.8 Å². The number of amides is 2. The van der Waals surface area contributed by atoms with Crippen LogP contribution in [0.3, 0.4) is 0 Å². The maximum atomic E-state index is 12.7. The number of hydrogen-bond donors (Lipinski definition) is 2. The Hall–Kier alpha value is 1.23. The Bertz CT molecular complexity index is 617. The number of hydrogen-bond acceptors (Lipinski definition) is 12. The minimum absolute atomic E-state index is 0.0638. The Balaban J connectivity index is 4.94. The van der Waals surface area contributed by atoms with E-state index >= 15 is 0 Å². The Morgan fingerprint density at radius 1 is 0.639 bits per heavy atom. The molecule has 36 heavy (non-hydrogen) atoms. The lowest BCUT2D eigenvalue weighted by molar-refractivity contribution is 0.120. The molecular formula is C18H44N2O8S6Si2. The molecule has 0 heterocycles. The summed E-state index contributed by atoms with van der Waals surface area (Å²) in [6.07, 6.45) is 9.52. The van der Waals surface area contributed by atoms with Gasteiger partial charge >= 0.3 is 17.6 Å². The highest BCUT2D eigenvalue weighted by Crippen LogP contribution is 2.52. The Labute approximate surface area is 238 Å². The summed E-state index contributed by atoms with van der Waals surface area (Å²) in [4.78, 5) is 25.2. The number of carbonyl (C=O) groups is 2. The zero-order chi connectivity index (χ0) is 28.2. The highest BCUT2D eigenvalue weighted by Gasteiger charge is 2.53. The van der Waals surface area contributed by atoms with Crippen molar-refractivity contribution in [2.45, 2.75) is 36.4 Å². The first-order valence-corrected chi connectivity index (χ1v) is 24.3. The molecule has 10 nitrogen and oxygen atoms in total. The van der Waals surface area contributed by atoms with Crippen LogP contribution < -0.4 is 9.44 Å². The van der Waals surface area contributed by atoms with Crippen LogP contribution in [0.5, 0.6) is 0 Å². The lowest BCUT2D eigenvalue weighted by Gasteiger charge is -2.45. The Kier molecular flexibility index (Phi) is 17.7. The van der Waals surface area contributed by atoms with Gasteiger partial charge in [0.1, 0.15) is 0 Å². The number of nitrogens with one attached hydrogen (secondary N) is 2. The zero-order valence-electron chi connectivity index (χ0n) is 23.3. The third-order valence-electron chi connectivity index (χ3n) is 5.60. The SMILES string of the molecule is CCC([Si](OC)(OC)OC)S(C)(C)NC(=O)SSSSC(=O)NS(C)(C)C(CC)[Si](OC)(OC)OC. The van der Waals surface area contributed by atoms with E-state index in [-0.39, 0.29) is 20.2 Å². The van der Waals surface area contributed by atoms with Crippen LogP contribution in [0.4, 0.5) is 9.59 Å². The molecule has 2 N–H and O–H groups in total. The highest BCUT2D eigenvalue weighted by molar-refractivity contribution is 9.29. The molecule has 0 saturated carbocycles. The smallest absolute Gasteiger partial charge is 0.376 e. The lowest BCUT2D eigenvalue weighted by Crippen LogP contribution is -2.57. The molecule has 218 valence electrons. The van der Waals surface area contributed by atoms with Gasteiger partial charge in [-0.05, 0) is 57.5 Å². The molecule has 0 spiro atoms. The van der Waals surface area contributed by atoms with Crippen LogP contribution in [0, 0.1) is 0 Å². The molecule has 0 aliphatic carbocycles. The minimum atomic E-state index is -2.94. The summed E-state index contributed by atoms with van der Waals surface area (Å²) >= 11 is 0. The van der Waals surface area contributed by atoms with Gasteiger partial charge in [0.2, 0.25) is 0 Å². The molecule has 2 amide bonds. The van der Waals surface area contributed by atoms with Gasteiger partial charge < -0.3 is 36.0 Å². The first kappa shape index (κ1) is 37.2. The highest BCUT2D eigenvalue weighted by atomic mass is 33.7. The second-order valence-corrected chi connectivity index (χ2v) is 28.0. The van der Waals surface area contributed by atoms with E-state index in [0.29, 0.717) is 0 Å². The first-order valence-electron chi connectivity index (χ1n) is 10.8. The molecular weight excluding hydrogens is 621 g/mol. The standard InChI is InChI=1S/C18H44N2O8S6Si2/c1-13-15(35(23-3,24-4)25-5)33(9,10)19-17(21)29-31-32-30-18(22)20-34(11,12)16(14-2)36(26-6,27-7)28-8/h15-16H,13-14H2,1-12H3,(H,19,21)(H,20,22). The molecule has 0 aromatic heterocycles. The molecule has 0 saturated heterocycles. The molecule has 0 aromatic carbocycles. The van der Waals surface area contributed by atoms with Crippen molar-refractivity contribution < 1.29 is 36.1 Å². The van der Waals surface area contributed by atoms with Crippen molar-refractivity contribution in [2.24, 2.45) is 0 Å². The maximum Gasteiger partial charge on any atom is 0.513 e. The van der Waals surface area contributed by atoms with Crippen LogP contribution in [0.1, 0.15) is 26.7 Å². The van der Waals surface area contributed by atoms with Crippen molar-refractivity contribution in [3.63, 3.8) is 0 Å². The van der Waals surface area contributed by atoms with Gasteiger partial charge in [-0.25, -0.2) is 0 Å². The average molecular weight is 665 g/mol. The van der Waals surface area contributed by atoms with Gasteiger partial charge in [0.15, 0.2) is 0 Å². The molecule has 18 heteroatoms. The second-order valence-electron chi connectivity index (χ2n) is 8.12. The van der Waals surface area contributed by atoms with Crippen LogP contribution in [-0.2, 0) is 26.6 Å². The van der Waals surface area contributed by atoms with Crippen molar-refractivity contribution in [1.82, 2.24) is 9.44 Å². The lowest BCUT2D eigenvalue weighted by atomic mass is 10.6. The first-order chi connectivity index (χ1) is 16.7. The van der Waals surface area contributed by atoms with Crippen LogP contribution in [0.15, 0.2) is 0 Å². The molecule has 0 aliphatic heterocycles. The summed E-state index contributed by atoms with van der Waals surface area (Å²) in [5.74, 6) is 0. The maximum absolute atomic E-state index is 12.7. The normalized spacial score (nSPS) is 15.8. The van der Waals surface area contributed by atoms with Crippen LogP contribution in [-0.4, -0.2) is 106 Å². The summed E-state index contributed by atoms with van der Waals surface area (Å²) in [5, 5.41) is -0.377. The summed E-state index contributed by atoms with van der Waals surface area (Å²) in [6, 6.07) is 0. The van der Waals surface area contributed by atoms with Crippen molar-refractivity contribution in [3.8, 4) is 0 Å². The Morgan fingerprint density at radius 2 is 0.889 bits per heavy atom. The van der Waals surface area contributed by atoms with Gasteiger partial charge in [0.05, 0.1) is 9.75 Å². The van der Waals surface area contributed by atoms with Gasteiger partial charge in [0.25, 0.3) is 10.5 Å². The second kappa shape index (κ2) is 17.1. The summed E-state index contributed by atoms with van der Waals surface area (Å²) < 4.78 is 40.3. The minimum Gasteiger partial charge on any atom is -0.376 e. The Morgan fingerprint density at radius 3 is 1.08 bits per heavy atom. The van der Waals surface area contributed by atoms with E-state index in [1.807, 2.05) is 38.9 Å². The fraction of sp³-hybridized carbons (Fsp3) is 0.889. The summed E-state index contributed by atoms with van der Waals surface area (Å²) in [7, 11) is 4.87. The van der Waals surface area contributed by atoms with E-state index in [2.05, 4.69) is 9.44 Å². The fourth-order valence-electron chi connectivity index (χ4n) is 4.04. The van der Waals surface area contributed by atoms with Crippen molar-refractivity contribution in [1.29, 1.82) is 0 Å². The number of rotatable bonds is 17. The van der Waals surface area contributed by atoms with E-state index in [4.69, 9.17) is 26.6 Å². The third-order valence-corrected chi connectivity index (χ3v) is 27.3. The predicted molar refractivity (Wildman–Crippen MR) is 168 cm³/mol. The molecule has 0 aromatic rings. The van der Waals surface area contributed by atoms with Crippen LogP contribution in [0.2, 0.25) is 0 Å². The fourth-order valence-corrected chi connectivity index (χ4v) is 24.3. The molecule has 0 fully saturated rings. The van der Waals surface area contributed by atoms with Crippen molar-refractivity contribution in [2.75, 3.05) is 67.7 Å². The topological polar surface area (TPSA) is 114 Å². The van der Waals surface area contributed by atoms with E-state index in [0.717, 1.165) is 34.4 Å². The zero-order valence-corrected chi connectivity index (χ0v) is 30.2. The molecule has 2 atom stereocenters. The largest absolute Gasteiger partial charge is 0.513 e. The third kappa shape index (κ3) is 10.0. The van der Waals surface area contributed by atoms with E-state index in [9.17, 15) is 9.59 Å². The average Bonchev–Trinajstić information content (AvgIpc) is 2.82. The molecule has 0 radical (unpaired) electrons. The van der Waals surface area contributed by atoms with Crippen LogP contribution in [0.25, 0.3) is 0 Å². The van der Waals surface area contributed by atoms with E-state index < -0.39 is 38.0 Å². The molecule has 0 rings (SSSR count). The molecule has 0 aliphatic rings. The van der Waals surface area contributed by atoms with Crippen LogP contribution >= 0.6 is 61.7 Å².